The van der Waals surface area contributed by atoms with Crippen molar-refractivity contribution in [1.82, 2.24) is 4.98 Å². The third kappa shape index (κ3) is 2.71. The maximum Gasteiger partial charge on any atom is 0.135 e. The van der Waals surface area contributed by atoms with Gasteiger partial charge in [0.2, 0.25) is 0 Å². The molecule has 2 aromatic carbocycles. The molecule has 0 unspecified atom stereocenters. The summed E-state index contributed by atoms with van der Waals surface area (Å²) in [4.78, 5) is 4.35. The molecule has 1 atom stereocenters. The lowest BCUT2D eigenvalue weighted by Gasteiger charge is -2.14. The summed E-state index contributed by atoms with van der Waals surface area (Å²) in [5, 5.41) is 11.7. The van der Waals surface area contributed by atoms with Gasteiger partial charge in [-0.15, -0.1) is 0 Å². The standard InChI is InChI=1S/C17H14ClNO2/c1-21-13-7-8-15-12(9-13)10-14(17(18)19-15)16(20)11-5-3-2-4-6-11/h2-10,16,20H,1H3/t16-/m0/s1. The van der Waals surface area contributed by atoms with Gasteiger partial charge in [-0.3, -0.25) is 0 Å². The molecule has 0 aliphatic heterocycles. The molecule has 1 heterocycles. The molecule has 0 aliphatic rings. The van der Waals surface area contributed by atoms with Gasteiger partial charge in [-0.2, -0.15) is 0 Å². The third-order valence-electron chi connectivity index (χ3n) is 3.41. The van der Waals surface area contributed by atoms with Gasteiger partial charge < -0.3 is 9.84 Å². The predicted octanol–water partition coefficient (Wildman–Crippen LogP) is 3.98. The summed E-state index contributed by atoms with van der Waals surface area (Å²) in [6.07, 6.45) is -0.804. The maximum absolute atomic E-state index is 10.5. The Labute approximate surface area is 127 Å². The Bertz CT molecular complexity index is 774. The van der Waals surface area contributed by atoms with Crippen LogP contribution in [0.25, 0.3) is 10.9 Å². The fourth-order valence-electron chi connectivity index (χ4n) is 2.28. The molecule has 0 amide bonds. The van der Waals surface area contributed by atoms with E-state index in [1.807, 2.05) is 54.6 Å². The van der Waals surface area contributed by atoms with Crippen LogP contribution in [-0.4, -0.2) is 17.2 Å². The lowest BCUT2D eigenvalue weighted by atomic mass is 10.0. The highest BCUT2D eigenvalue weighted by atomic mass is 35.5. The van der Waals surface area contributed by atoms with Crippen molar-refractivity contribution >= 4 is 22.5 Å². The van der Waals surface area contributed by atoms with Crippen molar-refractivity contribution in [3.63, 3.8) is 0 Å². The first kappa shape index (κ1) is 13.9. The smallest absolute Gasteiger partial charge is 0.135 e. The lowest BCUT2D eigenvalue weighted by Crippen LogP contribution is -2.02. The average molecular weight is 300 g/mol. The molecule has 21 heavy (non-hydrogen) atoms. The summed E-state index contributed by atoms with van der Waals surface area (Å²) in [7, 11) is 1.62. The number of hydrogen-bond acceptors (Lipinski definition) is 3. The van der Waals surface area contributed by atoms with Crippen LogP contribution >= 0.6 is 11.6 Å². The minimum absolute atomic E-state index is 0.309. The zero-order valence-electron chi connectivity index (χ0n) is 11.5. The molecule has 1 aromatic heterocycles. The minimum atomic E-state index is -0.804. The van der Waals surface area contributed by atoms with Gasteiger partial charge in [0, 0.05) is 10.9 Å². The quantitative estimate of drug-likeness (QED) is 0.744. The molecule has 3 rings (SSSR count). The number of aliphatic hydroxyl groups is 1. The fourth-order valence-corrected chi connectivity index (χ4v) is 2.53. The van der Waals surface area contributed by atoms with Crippen molar-refractivity contribution in [1.29, 1.82) is 0 Å². The number of ether oxygens (including phenoxy) is 1. The second kappa shape index (κ2) is 5.72. The molecule has 0 aliphatic carbocycles. The fraction of sp³-hybridized carbons (Fsp3) is 0.118. The van der Waals surface area contributed by atoms with Crippen LogP contribution in [0.5, 0.6) is 5.75 Å². The van der Waals surface area contributed by atoms with Crippen molar-refractivity contribution in [2.45, 2.75) is 6.10 Å². The number of methoxy groups -OCH3 is 1. The molecular formula is C17H14ClNO2. The highest BCUT2D eigenvalue weighted by Gasteiger charge is 2.16. The molecule has 0 saturated carbocycles. The Morgan fingerprint density at radius 1 is 1.10 bits per heavy atom. The summed E-state index contributed by atoms with van der Waals surface area (Å²) in [6.45, 7) is 0. The maximum atomic E-state index is 10.5. The Morgan fingerprint density at radius 2 is 1.86 bits per heavy atom. The van der Waals surface area contributed by atoms with Crippen LogP contribution in [0.3, 0.4) is 0 Å². The molecule has 0 saturated heterocycles. The van der Waals surface area contributed by atoms with E-state index < -0.39 is 6.10 Å². The number of fused-ring (bicyclic) bond motifs is 1. The van der Waals surface area contributed by atoms with Crippen LogP contribution in [0.4, 0.5) is 0 Å². The van der Waals surface area contributed by atoms with Crippen molar-refractivity contribution in [3.8, 4) is 5.75 Å². The highest BCUT2D eigenvalue weighted by Crippen LogP contribution is 2.31. The molecule has 0 fully saturated rings. The molecular weight excluding hydrogens is 286 g/mol. The third-order valence-corrected chi connectivity index (χ3v) is 3.72. The number of pyridine rings is 1. The molecule has 1 N–H and O–H groups in total. The van der Waals surface area contributed by atoms with Crippen molar-refractivity contribution < 1.29 is 9.84 Å². The van der Waals surface area contributed by atoms with Crippen molar-refractivity contribution in [2.24, 2.45) is 0 Å². The Kier molecular flexibility index (Phi) is 3.78. The molecule has 3 nitrogen and oxygen atoms in total. The van der Waals surface area contributed by atoms with Gasteiger partial charge in [-0.1, -0.05) is 41.9 Å². The molecule has 0 bridgehead atoms. The van der Waals surface area contributed by atoms with Crippen LogP contribution in [0.15, 0.2) is 54.6 Å². The average Bonchev–Trinajstić information content (AvgIpc) is 2.54. The van der Waals surface area contributed by atoms with Crippen LogP contribution in [-0.2, 0) is 0 Å². The van der Waals surface area contributed by atoms with E-state index in [1.54, 1.807) is 7.11 Å². The number of nitrogens with zero attached hydrogens (tertiary/aromatic N) is 1. The van der Waals surface area contributed by atoms with E-state index >= 15 is 0 Å². The first-order chi connectivity index (χ1) is 10.2. The number of aromatic nitrogens is 1. The summed E-state index contributed by atoms with van der Waals surface area (Å²) in [5.74, 6) is 0.742. The number of benzene rings is 2. The first-order valence-corrected chi connectivity index (χ1v) is 6.94. The zero-order chi connectivity index (χ0) is 14.8. The SMILES string of the molecule is COc1ccc2nc(Cl)c([C@@H](O)c3ccccc3)cc2c1. The van der Waals surface area contributed by atoms with Gasteiger partial charge in [-0.25, -0.2) is 4.98 Å². The molecule has 0 radical (unpaired) electrons. The van der Waals surface area contributed by atoms with E-state index in [-0.39, 0.29) is 0 Å². The second-order valence-corrected chi connectivity index (χ2v) is 5.10. The van der Waals surface area contributed by atoms with E-state index in [0.29, 0.717) is 10.7 Å². The van der Waals surface area contributed by atoms with Gasteiger partial charge in [0.05, 0.1) is 12.6 Å². The normalized spacial score (nSPS) is 12.3. The van der Waals surface area contributed by atoms with Crippen LogP contribution < -0.4 is 4.74 Å². The first-order valence-electron chi connectivity index (χ1n) is 6.56. The number of halogens is 1. The van der Waals surface area contributed by atoms with Gasteiger partial charge in [0.1, 0.15) is 17.0 Å². The van der Waals surface area contributed by atoms with Crippen LogP contribution in [0, 0.1) is 0 Å². The van der Waals surface area contributed by atoms with E-state index in [2.05, 4.69) is 4.98 Å². The Hall–Kier alpha value is -2.10. The molecule has 4 heteroatoms. The Morgan fingerprint density at radius 3 is 2.57 bits per heavy atom. The van der Waals surface area contributed by atoms with Crippen molar-refractivity contribution in [3.05, 3.63) is 70.9 Å². The summed E-state index contributed by atoms with van der Waals surface area (Å²) in [6, 6.07) is 16.8. The van der Waals surface area contributed by atoms with E-state index in [4.69, 9.17) is 16.3 Å². The van der Waals surface area contributed by atoms with Gasteiger partial charge in [-0.05, 0) is 29.8 Å². The van der Waals surface area contributed by atoms with Crippen LogP contribution in [0.2, 0.25) is 5.15 Å². The minimum Gasteiger partial charge on any atom is -0.497 e. The van der Waals surface area contributed by atoms with E-state index in [1.165, 1.54) is 0 Å². The van der Waals surface area contributed by atoms with Crippen molar-refractivity contribution in [2.75, 3.05) is 7.11 Å². The molecule has 3 aromatic rings. The summed E-state index contributed by atoms with van der Waals surface area (Å²) >= 11 is 6.22. The highest BCUT2D eigenvalue weighted by molar-refractivity contribution is 6.30. The van der Waals surface area contributed by atoms with Gasteiger partial charge in [0.25, 0.3) is 0 Å². The number of hydrogen-bond donors (Lipinski definition) is 1. The van der Waals surface area contributed by atoms with E-state index in [0.717, 1.165) is 22.2 Å². The molecule has 0 spiro atoms. The topological polar surface area (TPSA) is 42.4 Å². The Balaban J connectivity index is 2.11. The number of aliphatic hydroxyl groups excluding tert-OH is 1. The summed E-state index contributed by atoms with van der Waals surface area (Å²) < 4.78 is 5.21. The monoisotopic (exact) mass is 299 g/mol. The largest absolute Gasteiger partial charge is 0.497 e. The number of rotatable bonds is 3. The predicted molar refractivity (Wildman–Crippen MR) is 83.8 cm³/mol. The lowest BCUT2D eigenvalue weighted by molar-refractivity contribution is 0.220. The van der Waals surface area contributed by atoms with Crippen LogP contribution in [0.1, 0.15) is 17.2 Å². The van der Waals surface area contributed by atoms with Gasteiger partial charge >= 0.3 is 0 Å². The summed E-state index contributed by atoms with van der Waals surface area (Å²) in [5.41, 5.74) is 2.14. The second-order valence-electron chi connectivity index (χ2n) is 4.74. The van der Waals surface area contributed by atoms with Gasteiger partial charge in [0.15, 0.2) is 0 Å². The molecule has 106 valence electrons. The van der Waals surface area contributed by atoms with E-state index in [9.17, 15) is 5.11 Å². The zero-order valence-corrected chi connectivity index (χ0v) is 12.2.